The van der Waals surface area contributed by atoms with Crippen LogP contribution >= 0.6 is 0 Å². The molecule has 2 aromatic rings. The van der Waals surface area contributed by atoms with Gasteiger partial charge >= 0.3 is 0 Å². The van der Waals surface area contributed by atoms with Crippen molar-refractivity contribution in [1.29, 1.82) is 0 Å². The first kappa shape index (κ1) is 19.0. The Kier molecular flexibility index (Phi) is 5.95. The molecule has 1 aliphatic rings. The van der Waals surface area contributed by atoms with Crippen LogP contribution in [0.2, 0.25) is 0 Å². The number of nitrogens with zero attached hydrogens (tertiary/aromatic N) is 2. The van der Waals surface area contributed by atoms with Crippen molar-refractivity contribution in [3.05, 3.63) is 59.9 Å². The van der Waals surface area contributed by atoms with Crippen molar-refractivity contribution in [2.24, 2.45) is 0 Å². The number of benzene rings is 1. The number of nitrogens with one attached hydrogen (secondary N) is 3. The average Bonchev–Trinajstić information content (AvgIpc) is 3.16. The van der Waals surface area contributed by atoms with Crippen molar-refractivity contribution in [3.8, 4) is 0 Å². The lowest BCUT2D eigenvalue weighted by molar-refractivity contribution is -0.121. The maximum Gasteiger partial charge on any atom is 0.271 e. The molecule has 4 amide bonds. The zero-order valence-corrected chi connectivity index (χ0v) is 15.0. The number of hydrazine groups is 1. The summed E-state index contributed by atoms with van der Waals surface area (Å²) >= 11 is 0. The van der Waals surface area contributed by atoms with Gasteiger partial charge in [0.1, 0.15) is 0 Å². The maximum atomic E-state index is 12.1. The predicted octanol–water partition coefficient (Wildman–Crippen LogP) is 0.399. The zero-order chi connectivity index (χ0) is 19.9. The number of amides is 4. The molecule has 0 unspecified atom stereocenters. The maximum absolute atomic E-state index is 12.1. The molecule has 1 fully saturated rings. The molecule has 0 aliphatic carbocycles. The predicted molar refractivity (Wildman–Crippen MR) is 100 cm³/mol. The Morgan fingerprint density at radius 1 is 1.00 bits per heavy atom. The van der Waals surface area contributed by atoms with Gasteiger partial charge < -0.3 is 10.2 Å². The van der Waals surface area contributed by atoms with E-state index in [1.807, 2.05) is 0 Å². The van der Waals surface area contributed by atoms with Gasteiger partial charge in [-0.3, -0.25) is 35.0 Å². The summed E-state index contributed by atoms with van der Waals surface area (Å²) in [6, 6.07) is 9.74. The first-order valence-electron chi connectivity index (χ1n) is 8.72. The molecular formula is C19H19N5O4. The number of carbonyl (C=O) groups excluding carboxylic acids is 4. The number of hydrogen-bond donors (Lipinski definition) is 3. The minimum absolute atomic E-state index is 0.0715. The van der Waals surface area contributed by atoms with Crippen LogP contribution in [0.3, 0.4) is 0 Å². The summed E-state index contributed by atoms with van der Waals surface area (Å²) in [5, 5.41) is 2.46. The van der Waals surface area contributed by atoms with Crippen molar-refractivity contribution >= 4 is 29.3 Å². The molecule has 0 atom stereocenters. The molecule has 1 saturated heterocycles. The summed E-state index contributed by atoms with van der Waals surface area (Å²) < 4.78 is 0. The van der Waals surface area contributed by atoms with Gasteiger partial charge in [-0.1, -0.05) is 0 Å². The largest absolute Gasteiger partial charge is 0.343 e. The number of pyridine rings is 1. The van der Waals surface area contributed by atoms with Gasteiger partial charge in [-0.15, -0.1) is 0 Å². The number of anilines is 1. The van der Waals surface area contributed by atoms with Gasteiger partial charge in [0.15, 0.2) is 0 Å². The van der Waals surface area contributed by atoms with Crippen LogP contribution in [0.4, 0.5) is 5.69 Å². The first-order chi connectivity index (χ1) is 13.5. The van der Waals surface area contributed by atoms with E-state index in [-0.39, 0.29) is 12.5 Å². The van der Waals surface area contributed by atoms with E-state index in [0.717, 1.165) is 12.1 Å². The van der Waals surface area contributed by atoms with Gasteiger partial charge in [0.25, 0.3) is 17.7 Å². The summed E-state index contributed by atoms with van der Waals surface area (Å²) in [4.78, 5) is 52.9. The smallest absolute Gasteiger partial charge is 0.271 e. The van der Waals surface area contributed by atoms with Crippen molar-refractivity contribution in [2.75, 3.05) is 18.0 Å². The molecule has 9 heteroatoms. The summed E-state index contributed by atoms with van der Waals surface area (Å²) in [5.41, 5.74) is 5.86. The second kappa shape index (κ2) is 8.76. The van der Waals surface area contributed by atoms with Crippen LogP contribution in [-0.4, -0.2) is 41.7 Å². The van der Waals surface area contributed by atoms with Gasteiger partial charge in [-0.25, -0.2) is 0 Å². The molecule has 3 rings (SSSR count). The van der Waals surface area contributed by atoms with E-state index < -0.39 is 17.7 Å². The first-order valence-corrected chi connectivity index (χ1v) is 8.72. The molecule has 28 heavy (non-hydrogen) atoms. The Morgan fingerprint density at radius 2 is 1.79 bits per heavy atom. The molecule has 0 saturated carbocycles. The normalized spacial score (nSPS) is 13.1. The molecule has 9 nitrogen and oxygen atoms in total. The van der Waals surface area contributed by atoms with Gasteiger partial charge in [-0.05, 0) is 42.8 Å². The van der Waals surface area contributed by atoms with E-state index in [0.29, 0.717) is 24.1 Å². The molecule has 0 radical (unpaired) electrons. The van der Waals surface area contributed by atoms with E-state index in [2.05, 4.69) is 21.2 Å². The van der Waals surface area contributed by atoms with Crippen LogP contribution in [0, 0.1) is 0 Å². The van der Waals surface area contributed by atoms with E-state index >= 15 is 0 Å². The number of rotatable bonds is 5. The van der Waals surface area contributed by atoms with Crippen LogP contribution in [0.5, 0.6) is 0 Å². The quantitative estimate of drug-likeness (QED) is 0.648. The molecule has 1 aliphatic heterocycles. The van der Waals surface area contributed by atoms with Crippen molar-refractivity contribution in [2.45, 2.75) is 12.8 Å². The van der Waals surface area contributed by atoms with Crippen LogP contribution < -0.4 is 21.1 Å². The van der Waals surface area contributed by atoms with Crippen molar-refractivity contribution < 1.29 is 19.2 Å². The topological polar surface area (TPSA) is 121 Å². The Hall–Kier alpha value is -3.75. The Bertz CT molecular complexity index is 883. The minimum atomic E-state index is -0.579. The molecule has 0 bridgehead atoms. The highest BCUT2D eigenvalue weighted by atomic mass is 16.2. The molecule has 0 spiro atoms. The van der Waals surface area contributed by atoms with Gasteiger partial charge in [-0.2, -0.15) is 0 Å². The summed E-state index contributed by atoms with van der Waals surface area (Å²) in [6.07, 6.45) is 4.26. The second-order valence-electron chi connectivity index (χ2n) is 6.12. The lowest BCUT2D eigenvalue weighted by atomic mass is 10.2. The van der Waals surface area contributed by atoms with E-state index in [9.17, 15) is 19.2 Å². The third kappa shape index (κ3) is 4.70. The van der Waals surface area contributed by atoms with Crippen LogP contribution in [0.1, 0.15) is 33.6 Å². The fourth-order valence-electron chi connectivity index (χ4n) is 2.72. The van der Waals surface area contributed by atoms with E-state index in [1.165, 1.54) is 12.4 Å². The standard InChI is InChI=1S/C19H19N5O4/c25-16(22-23-19(28)14-3-1-9-20-11-14)12-21-18(27)13-5-7-15(8-6-13)24-10-2-4-17(24)26/h1,3,5-9,11H,2,4,10,12H2,(H,21,27)(H,22,25)(H,23,28). The van der Waals surface area contributed by atoms with Gasteiger partial charge in [0.2, 0.25) is 5.91 Å². The van der Waals surface area contributed by atoms with Crippen molar-refractivity contribution in [3.63, 3.8) is 0 Å². The van der Waals surface area contributed by atoms with E-state index in [4.69, 9.17) is 0 Å². The van der Waals surface area contributed by atoms with Gasteiger partial charge in [0.05, 0.1) is 12.1 Å². The van der Waals surface area contributed by atoms with Crippen LogP contribution in [0.25, 0.3) is 0 Å². The fraction of sp³-hybridized carbons (Fsp3) is 0.211. The molecule has 3 N–H and O–H groups in total. The Labute approximate surface area is 161 Å². The van der Waals surface area contributed by atoms with Gasteiger partial charge in [0, 0.05) is 36.6 Å². The zero-order valence-electron chi connectivity index (χ0n) is 15.0. The number of aromatic nitrogens is 1. The highest BCUT2D eigenvalue weighted by Crippen LogP contribution is 2.21. The molecule has 2 heterocycles. The number of hydrogen-bond acceptors (Lipinski definition) is 5. The Morgan fingerprint density at radius 3 is 2.43 bits per heavy atom. The lowest BCUT2D eigenvalue weighted by Crippen LogP contribution is -2.46. The van der Waals surface area contributed by atoms with E-state index in [1.54, 1.807) is 41.3 Å². The summed E-state index contributed by atoms with van der Waals surface area (Å²) in [6.45, 7) is 0.369. The van der Waals surface area contributed by atoms with Crippen LogP contribution in [-0.2, 0) is 9.59 Å². The second-order valence-corrected chi connectivity index (χ2v) is 6.12. The lowest BCUT2D eigenvalue weighted by Gasteiger charge is -2.15. The van der Waals surface area contributed by atoms with Crippen molar-refractivity contribution in [1.82, 2.24) is 21.2 Å². The molecule has 144 valence electrons. The highest BCUT2D eigenvalue weighted by Gasteiger charge is 2.21. The molecule has 1 aromatic heterocycles. The SMILES string of the molecule is O=C(CNC(=O)c1ccc(N2CCCC2=O)cc1)NNC(=O)c1cccnc1. The fourth-order valence-corrected chi connectivity index (χ4v) is 2.72. The monoisotopic (exact) mass is 381 g/mol. The average molecular weight is 381 g/mol. The third-order valence-electron chi connectivity index (χ3n) is 4.16. The minimum Gasteiger partial charge on any atom is -0.343 e. The number of carbonyl (C=O) groups is 4. The summed E-state index contributed by atoms with van der Waals surface area (Å²) in [7, 11) is 0. The Balaban J connectivity index is 1.45. The highest BCUT2D eigenvalue weighted by molar-refractivity contribution is 5.99. The third-order valence-corrected chi connectivity index (χ3v) is 4.16. The summed E-state index contributed by atoms with van der Waals surface area (Å²) in [5.74, 6) is -1.46. The molecular weight excluding hydrogens is 362 g/mol. The van der Waals surface area contributed by atoms with Crippen LogP contribution in [0.15, 0.2) is 48.8 Å². The molecule has 1 aromatic carbocycles.